The second kappa shape index (κ2) is 7.26. The lowest BCUT2D eigenvalue weighted by Crippen LogP contribution is -2.24. The number of carbonyl (C=O) groups is 1. The molecule has 1 aromatic heterocycles. The van der Waals surface area contributed by atoms with Gasteiger partial charge in [-0.1, -0.05) is 40.0 Å². The Bertz CT molecular complexity index is 520. The molecule has 0 aliphatic carbocycles. The minimum absolute atomic E-state index is 0. The molecular formula is C18H28N2O. The molecule has 21 heavy (non-hydrogen) atoms. The maximum atomic E-state index is 11.9. The van der Waals surface area contributed by atoms with E-state index in [2.05, 4.69) is 42.9 Å². The maximum Gasteiger partial charge on any atom is 0.253 e. The molecule has 3 heteroatoms. The molecule has 0 unspecified atom stereocenters. The monoisotopic (exact) mass is 288 g/mol. The first kappa shape index (κ1) is 19.2. The standard InChI is InChI=1S/C17H24N2O.CH4/c1-16(2,3)10-7-11-18-15(20)13-8-9-14(19-12-13)17(4,5)6;/h8-9,12H,11H2,1-6H3,(H,18,20);1H4. The van der Waals surface area contributed by atoms with Gasteiger partial charge in [0.2, 0.25) is 0 Å². The molecule has 1 N–H and O–H groups in total. The molecule has 0 radical (unpaired) electrons. The van der Waals surface area contributed by atoms with Crippen LogP contribution in [0.2, 0.25) is 0 Å². The fourth-order valence-electron chi connectivity index (χ4n) is 1.51. The van der Waals surface area contributed by atoms with Crippen LogP contribution in [-0.4, -0.2) is 17.4 Å². The maximum absolute atomic E-state index is 11.9. The van der Waals surface area contributed by atoms with Gasteiger partial charge in [-0.05, 0) is 32.9 Å². The van der Waals surface area contributed by atoms with Crippen molar-refractivity contribution in [3.8, 4) is 11.8 Å². The van der Waals surface area contributed by atoms with Crippen LogP contribution in [0.3, 0.4) is 0 Å². The number of carbonyl (C=O) groups excluding carboxylic acids is 1. The van der Waals surface area contributed by atoms with Crippen molar-refractivity contribution in [2.24, 2.45) is 5.41 Å². The van der Waals surface area contributed by atoms with E-state index in [1.807, 2.05) is 26.8 Å². The van der Waals surface area contributed by atoms with Gasteiger partial charge in [0.25, 0.3) is 5.91 Å². The topological polar surface area (TPSA) is 42.0 Å². The quantitative estimate of drug-likeness (QED) is 0.841. The number of hydrogen-bond acceptors (Lipinski definition) is 2. The summed E-state index contributed by atoms with van der Waals surface area (Å²) in [5, 5.41) is 2.78. The van der Waals surface area contributed by atoms with Crippen LogP contribution in [-0.2, 0) is 5.41 Å². The predicted octanol–water partition coefficient (Wildman–Crippen LogP) is 3.79. The third kappa shape index (κ3) is 6.94. The van der Waals surface area contributed by atoms with E-state index >= 15 is 0 Å². The molecule has 116 valence electrons. The summed E-state index contributed by atoms with van der Waals surface area (Å²) >= 11 is 0. The molecule has 0 fully saturated rings. The van der Waals surface area contributed by atoms with Gasteiger partial charge in [-0.2, -0.15) is 0 Å². The molecule has 0 aliphatic rings. The predicted molar refractivity (Wildman–Crippen MR) is 89.2 cm³/mol. The Morgan fingerprint density at radius 1 is 1.19 bits per heavy atom. The molecule has 3 nitrogen and oxygen atoms in total. The molecular weight excluding hydrogens is 260 g/mol. The Hall–Kier alpha value is -1.82. The Labute approximate surface area is 129 Å². The summed E-state index contributed by atoms with van der Waals surface area (Å²) in [7, 11) is 0. The highest BCUT2D eigenvalue weighted by molar-refractivity contribution is 5.94. The summed E-state index contributed by atoms with van der Waals surface area (Å²) in [6, 6.07) is 3.70. The second-order valence-electron chi connectivity index (χ2n) is 6.92. The van der Waals surface area contributed by atoms with E-state index in [1.165, 1.54) is 0 Å². The first-order valence-electron chi connectivity index (χ1n) is 6.84. The molecule has 0 aromatic carbocycles. The van der Waals surface area contributed by atoms with E-state index in [-0.39, 0.29) is 24.2 Å². The summed E-state index contributed by atoms with van der Waals surface area (Å²) < 4.78 is 0. The van der Waals surface area contributed by atoms with Crippen molar-refractivity contribution in [1.82, 2.24) is 10.3 Å². The van der Waals surface area contributed by atoms with Gasteiger partial charge in [0.1, 0.15) is 0 Å². The van der Waals surface area contributed by atoms with Crippen LogP contribution in [0.15, 0.2) is 18.3 Å². The second-order valence-corrected chi connectivity index (χ2v) is 6.92. The summed E-state index contributed by atoms with van der Waals surface area (Å²) in [6.45, 7) is 12.8. The molecule has 0 bridgehead atoms. The first-order valence-corrected chi connectivity index (χ1v) is 6.84. The van der Waals surface area contributed by atoms with Crippen molar-refractivity contribution in [2.75, 3.05) is 6.54 Å². The minimum atomic E-state index is -0.138. The van der Waals surface area contributed by atoms with Gasteiger partial charge in [0.05, 0.1) is 12.1 Å². The molecule has 1 amide bonds. The molecule has 0 atom stereocenters. The summed E-state index contributed by atoms with van der Waals surface area (Å²) in [5.74, 6) is 5.90. The number of nitrogens with one attached hydrogen (secondary N) is 1. The van der Waals surface area contributed by atoms with Crippen molar-refractivity contribution in [2.45, 2.75) is 54.4 Å². The zero-order valence-corrected chi connectivity index (χ0v) is 13.3. The van der Waals surface area contributed by atoms with Crippen LogP contribution in [0.25, 0.3) is 0 Å². The zero-order chi connectivity index (χ0) is 15.4. The highest BCUT2D eigenvalue weighted by Crippen LogP contribution is 2.19. The first-order chi connectivity index (χ1) is 9.09. The Morgan fingerprint density at radius 2 is 1.81 bits per heavy atom. The van der Waals surface area contributed by atoms with E-state index in [0.29, 0.717) is 12.1 Å². The van der Waals surface area contributed by atoms with E-state index < -0.39 is 0 Å². The summed E-state index contributed by atoms with van der Waals surface area (Å²) in [5.41, 5.74) is 1.49. The van der Waals surface area contributed by atoms with Gasteiger partial charge in [-0.3, -0.25) is 9.78 Å². The van der Waals surface area contributed by atoms with E-state index in [9.17, 15) is 4.79 Å². The number of nitrogens with zero attached hydrogens (tertiary/aromatic N) is 1. The van der Waals surface area contributed by atoms with Crippen molar-refractivity contribution < 1.29 is 4.79 Å². The highest BCUT2D eigenvalue weighted by atomic mass is 16.1. The normalized spacial score (nSPS) is 11.0. The van der Waals surface area contributed by atoms with Crippen molar-refractivity contribution >= 4 is 5.91 Å². The van der Waals surface area contributed by atoms with Crippen LogP contribution in [0.4, 0.5) is 0 Å². The van der Waals surface area contributed by atoms with E-state index in [4.69, 9.17) is 0 Å². The Kier molecular flexibility index (Phi) is 6.63. The molecule has 1 rings (SSSR count). The van der Waals surface area contributed by atoms with Crippen molar-refractivity contribution in [1.29, 1.82) is 0 Å². The zero-order valence-electron chi connectivity index (χ0n) is 13.3. The van der Waals surface area contributed by atoms with Gasteiger partial charge in [0.15, 0.2) is 0 Å². The lowest BCUT2D eigenvalue weighted by molar-refractivity contribution is 0.0958. The third-order valence-corrected chi connectivity index (χ3v) is 2.59. The smallest absolute Gasteiger partial charge is 0.253 e. The molecule has 0 aliphatic heterocycles. The lowest BCUT2D eigenvalue weighted by Gasteiger charge is -2.17. The number of pyridine rings is 1. The highest BCUT2D eigenvalue weighted by Gasteiger charge is 2.15. The summed E-state index contributed by atoms with van der Waals surface area (Å²) in [6.07, 6.45) is 1.62. The van der Waals surface area contributed by atoms with Crippen LogP contribution in [0.1, 0.15) is 65.0 Å². The van der Waals surface area contributed by atoms with E-state index in [0.717, 1.165) is 5.69 Å². The largest absolute Gasteiger partial charge is 0.341 e. The van der Waals surface area contributed by atoms with Gasteiger partial charge in [-0.15, -0.1) is 0 Å². The summed E-state index contributed by atoms with van der Waals surface area (Å²) in [4.78, 5) is 16.3. The van der Waals surface area contributed by atoms with Crippen molar-refractivity contribution in [3.05, 3.63) is 29.6 Å². The van der Waals surface area contributed by atoms with Gasteiger partial charge >= 0.3 is 0 Å². The number of aromatic nitrogens is 1. The average molecular weight is 288 g/mol. The molecule has 0 saturated carbocycles. The van der Waals surface area contributed by atoms with Gasteiger partial charge < -0.3 is 5.32 Å². The van der Waals surface area contributed by atoms with E-state index in [1.54, 1.807) is 12.3 Å². The SMILES string of the molecule is C.CC(C)(C)C#CCNC(=O)c1ccc(C(C)(C)C)nc1. The fourth-order valence-corrected chi connectivity index (χ4v) is 1.51. The number of amides is 1. The molecule has 1 heterocycles. The Balaban J connectivity index is 0.00000400. The van der Waals surface area contributed by atoms with Crippen molar-refractivity contribution in [3.63, 3.8) is 0 Å². The molecule has 0 spiro atoms. The third-order valence-electron chi connectivity index (χ3n) is 2.59. The molecule has 0 saturated heterocycles. The minimum Gasteiger partial charge on any atom is -0.341 e. The van der Waals surface area contributed by atoms with Crippen LogP contribution in [0.5, 0.6) is 0 Å². The fraction of sp³-hybridized carbons (Fsp3) is 0.556. The lowest BCUT2D eigenvalue weighted by atomic mass is 9.91. The molecule has 1 aromatic rings. The van der Waals surface area contributed by atoms with Gasteiger partial charge in [-0.25, -0.2) is 0 Å². The average Bonchev–Trinajstić information content (AvgIpc) is 2.32. The number of hydrogen-bond donors (Lipinski definition) is 1. The van der Waals surface area contributed by atoms with Crippen LogP contribution < -0.4 is 5.32 Å². The van der Waals surface area contributed by atoms with Crippen LogP contribution in [0, 0.1) is 17.3 Å². The number of rotatable bonds is 2. The van der Waals surface area contributed by atoms with Crippen LogP contribution >= 0.6 is 0 Å². The Morgan fingerprint density at radius 3 is 2.24 bits per heavy atom. The van der Waals surface area contributed by atoms with Gasteiger partial charge in [0, 0.05) is 22.7 Å².